The minimum atomic E-state index is -0.505. The fraction of sp³-hybridized carbons (Fsp3) is 0.125. The van der Waals surface area contributed by atoms with Crippen molar-refractivity contribution >= 4 is 46.6 Å². The number of carbonyl (C=O) groups excluding carboxylic acids is 2. The van der Waals surface area contributed by atoms with Crippen molar-refractivity contribution in [2.45, 2.75) is 6.92 Å². The molecular weight excluding hydrogens is 339 g/mol. The summed E-state index contributed by atoms with van der Waals surface area (Å²) in [6, 6.07) is 10.8. The average Bonchev–Trinajstić information content (AvgIpc) is 2.50. The SMILES string of the molecule is CCOC(=O)c1ccc(NC(=O)Nc2ccc(Cl)cc2)cc1Cl. The van der Waals surface area contributed by atoms with E-state index < -0.39 is 12.0 Å². The molecule has 120 valence electrons. The number of hydrogen-bond donors (Lipinski definition) is 2. The van der Waals surface area contributed by atoms with Crippen molar-refractivity contribution in [1.29, 1.82) is 0 Å². The van der Waals surface area contributed by atoms with E-state index in [4.69, 9.17) is 27.9 Å². The molecule has 2 aromatic rings. The number of ether oxygens (including phenoxy) is 1. The number of halogens is 2. The van der Waals surface area contributed by atoms with Crippen LogP contribution in [0.1, 0.15) is 17.3 Å². The Bertz CT molecular complexity index is 718. The van der Waals surface area contributed by atoms with Crippen LogP contribution in [0.4, 0.5) is 16.2 Å². The zero-order valence-electron chi connectivity index (χ0n) is 12.2. The third-order valence-electron chi connectivity index (χ3n) is 2.82. The zero-order valence-corrected chi connectivity index (χ0v) is 13.7. The van der Waals surface area contributed by atoms with Crippen molar-refractivity contribution < 1.29 is 14.3 Å². The number of benzene rings is 2. The Morgan fingerprint density at radius 1 is 1.00 bits per heavy atom. The van der Waals surface area contributed by atoms with Crippen LogP contribution in [0, 0.1) is 0 Å². The summed E-state index contributed by atoms with van der Waals surface area (Å²) in [7, 11) is 0. The maximum absolute atomic E-state index is 11.9. The predicted molar refractivity (Wildman–Crippen MR) is 91.5 cm³/mol. The van der Waals surface area contributed by atoms with E-state index in [2.05, 4.69) is 10.6 Å². The number of amides is 2. The van der Waals surface area contributed by atoms with E-state index in [1.54, 1.807) is 37.3 Å². The molecular formula is C16H14Cl2N2O3. The molecule has 7 heteroatoms. The van der Waals surface area contributed by atoms with Gasteiger partial charge in [-0.1, -0.05) is 23.2 Å². The van der Waals surface area contributed by atoms with Crippen LogP contribution >= 0.6 is 23.2 Å². The van der Waals surface area contributed by atoms with E-state index in [9.17, 15) is 9.59 Å². The molecule has 0 aromatic heterocycles. The lowest BCUT2D eigenvalue weighted by Gasteiger charge is -2.09. The molecule has 0 saturated carbocycles. The van der Waals surface area contributed by atoms with Crippen LogP contribution in [-0.2, 0) is 4.74 Å². The largest absolute Gasteiger partial charge is 0.462 e. The van der Waals surface area contributed by atoms with Crippen molar-refractivity contribution in [2.75, 3.05) is 17.2 Å². The molecule has 0 aliphatic rings. The van der Waals surface area contributed by atoms with E-state index in [0.29, 0.717) is 16.4 Å². The maximum atomic E-state index is 11.9. The summed E-state index contributed by atoms with van der Waals surface area (Å²) in [5, 5.41) is 6.06. The normalized spacial score (nSPS) is 10.0. The van der Waals surface area contributed by atoms with Crippen molar-refractivity contribution in [1.82, 2.24) is 0 Å². The quantitative estimate of drug-likeness (QED) is 0.775. The first kappa shape index (κ1) is 17.1. The molecule has 5 nitrogen and oxygen atoms in total. The summed E-state index contributed by atoms with van der Waals surface area (Å²) in [5.41, 5.74) is 1.30. The van der Waals surface area contributed by atoms with Crippen LogP contribution in [0.25, 0.3) is 0 Å². The number of nitrogens with one attached hydrogen (secondary N) is 2. The minimum absolute atomic E-state index is 0.202. The highest BCUT2D eigenvalue weighted by Gasteiger charge is 2.12. The highest BCUT2D eigenvalue weighted by atomic mass is 35.5. The molecule has 0 unspecified atom stereocenters. The van der Waals surface area contributed by atoms with Crippen molar-refractivity contribution in [3.63, 3.8) is 0 Å². The maximum Gasteiger partial charge on any atom is 0.339 e. The van der Waals surface area contributed by atoms with Gasteiger partial charge in [-0.15, -0.1) is 0 Å². The lowest BCUT2D eigenvalue weighted by molar-refractivity contribution is 0.0526. The molecule has 23 heavy (non-hydrogen) atoms. The number of esters is 1. The number of urea groups is 1. The molecule has 0 aliphatic heterocycles. The Balaban J connectivity index is 2.02. The van der Waals surface area contributed by atoms with E-state index in [1.165, 1.54) is 12.1 Å². The number of anilines is 2. The van der Waals surface area contributed by atoms with Crippen LogP contribution in [0.5, 0.6) is 0 Å². The molecule has 0 atom stereocenters. The predicted octanol–water partition coefficient (Wildman–Crippen LogP) is 4.81. The third kappa shape index (κ3) is 4.87. The Morgan fingerprint density at radius 3 is 2.22 bits per heavy atom. The van der Waals surface area contributed by atoms with Gasteiger partial charge in [-0.05, 0) is 49.4 Å². The average molecular weight is 353 g/mol. The zero-order chi connectivity index (χ0) is 16.8. The summed E-state index contributed by atoms with van der Waals surface area (Å²) in [6.07, 6.45) is 0. The van der Waals surface area contributed by atoms with Gasteiger partial charge in [-0.2, -0.15) is 0 Å². The highest BCUT2D eigenvalue weighted by Crippen LogP contribution is 2.22. The molecule has 0 saturated heterocycles. The second-order valence-corrected chi connectivity index (χ2v) is 5.34. The second kappa shape index (κ2) is 7.85. The lowest BCUT2D eigenvalue weighted by atomic mass is 10.2. The van der Waals surface area contributed by atoms with Gasteiger partial charge in [-0.25, -0.2) is 9.59 Å². The summed E-state index contributed by atoms with van der Waals surface area (Å²) < 4.78 is 4.88. The molecule has 0 radical (unpaired) electrons. The van der Waals surface area contributed by atoms with Gasteiger partial charge in [0.2, 0.25) is 0 Å². The Labute approximate surface area is 143 Å². The minimum Gasteiger partial charge on any atom is -0.462 e. The summed E-state index contributed by atoms with van der Waals surface area (Å²) in [6.45, 7) is 1.97. The Hall–Kier alpha value is -2.24. The molecule has 2 aromatic carbocycles. The molecule has 0 bridgehead atoms. The second-order valence-electron chi connectivity index (χ2n) is 4.50. The van der Waals surface area contributed by atoms with Crippen molar-refractivity contribution in [2.24, 2.45) is 0 Å². The first-order valence-electron chi connectivity index (χ1n) is 6.80. The smallest absolute Gasteiger partial charge is 0.339 e. The number of carbonyl (C=O) groups is 2. The Morgan fingerprint density at radius 2 is 1.61 bits per heavy atom. The van der Waals surface area contributed by atoms with Gasteiger partial charge in [0.05, 0.1) is 17.2 Å². The van der Waals surface area contributed by atoms with Gasteiger partial charge in [-0.3, -0.25) is 0 Å². The van der Waals surface area contributed by atoms with Crippen LogP contribution in [0.2, 0.25) is 10.0 Å². The van der Waals surface area contributed by atoms with E-state index in [-0.39, 0.29) is 17.2 Å². The molecule has 2 amide bonds. The molecule has 0 heterocycles. The van der Waals surface area contributed by atoms with Gasteiger partial charge in [0, 0.05) is 16.4 Å². The Kier molecular flexibility index (Phi) is 5.84. The van der Waals surface area contributed by atoms with Gasteiger partial charge >= 0.3 is 12.0 Å². The molecule has 0 spiro atoms. The molecule has 2 rings (SSSR count). The van der Waals surface area contributed by atoms with E-state index in [1.807, 2.05) is 0 Å². The van der Waals surface area contributed by atoms with Gasteiger partial charge in [0.15, 0.2) is 0 Å². The molecule has 2 N–H and O–H groups in total. The molecule has 0 aliphatic carbocycles. The van der Waals surface area contributed by atoms with Crippen molar-refractivity contribution in [3.05, 3.63) is 58.1 Å². The standard InChI is InChI=1S/C16H14Cl2N2O3/c1-2-23-15(21)13-8-7-12(9-14(13)18)20-16(22)19-11-5-3-10(17)4-6-11/h3-9H,2H2,1H3,(H2,19,20,22). The summed E-state index contributed by atoms with van der Waals surface area (Å²) in [4.78, 5) is 23.6. The summed E-state index contributed by atoms with van der Waals surface area (Å²) >= 11 is 11.8. The van der Waals surface area contributed by atoms with Gasteiger partial charge < -0.3 is 15.4 Å². The fourth-order valence-electron chi connectivity index (χ4n) is 1.79. The number of rotatable bonds is 4. The monoisotopic (exact) mass is 352 g/mol. The first-order chi connectivity index (χ1) is 11.0. The van der Waals surface area contributed by atoms with Crippen LogP contribution < -0.4 is 10.6 Å². The van der Waals surface area contributed by atoms with Gasteiger partial charge in [0.1, 0.15) is 0 Å². The van der Waals surface area contributed by atoms with E-state index in [0.717, 1.165) is 0 Å². The topological polar surface area (TPSA) is 67.4 Å². The van der Waals surface area contributed by atoms with Crippen LogP contribution in [-0.4, -0.2) is 18.6 Å². The third-order valence-corrected chi connectivity index (χ3v) is 3.39. The lowest BCUT2D eigenvalue weighted by Crippen LogP contribution is -2.19. The summed E-state index contributed by atoms with van der Waals surface area (Å²) in [5.74, 6) is -0.505. The highest BCUT2D eigenvalue weighted by molar-refractivity contribution is 6.34. The number of hydrogen-bond acceptors (Lipinski definition) is 3. The van der Waals surface area contributed by atoms with Gasteiger partial charge in [0.25, 0.3) is 0 Å². The fourth-order valence-corrected chi connectivity index (χ4v) is 2.18. The first-order valence-corrected chi connectivity index (χ1v) is 7.55. The van der Waals surface area contributed by atoms with Crippen molar-refractivity contribution in [3.8, 4) is 0 Å². The van der Waals surface area contributed by atoms with E-state index >= 15 is 0 Å². The molecule has 0 fully saturated rings. The van der Waals surface area contributed by atoms with Crippen LogP contribution in [0.3, 0.4) is 0 Å². The van der Waals surface area contributed by atoms with Crippen LogP contribution in [0.15, 0.2) is 42.5 Å².